The van der Waals surface area contributed by atoms with Crippen molar-refractivity contribution < 1.29 is 64.4 Å². The molecule has 0 aliphatic rings. The minimum absolute atomic E-state index is 0.0399. The second-order valence-corrected chi connectivity index (χ2v) is 12.2. The molecule has 18 heteroatoms. The molecule has 0 atom stereocenters. The first-order valence-electron chi connectivity index (χ1n) is 11.5. The van der Waals surface area contributed by atoms with Crippen LogP contribution in [-0.4, -0.2) is 37.0 Å². The van der Waals surface area contributed by atoms with E-state index in [0.29, 0.717) is 35.2 Å². The zero-order valence-corrected chi connectivity index (χ0v) is 31.3. The summed E-state index contributed by atoms with van der Waals surface area (Å²) in [5.41, 5.74) is 0.972. The standard InChI is InChI=1S/2C8H8O3.2C6F4I2/c2*1-11-8-4-6(5-9)2-3-7(8)10;2*7-1-2(8)6(12)4(10)3(9)5(1)11/h2*2-5,10H,1H3;;. The maximum atomic E-state index is 12.6. The fourth-order valence-corrected chi connectivity index (χ4v) is 4.59. The van der Waals surface area contributed by atoms with E-state index in [0.717, 1.165) is 0 Å². The number of hydrogen-bond donors (Lipinski definition) is 2. The molecule has 0 saturated carbocycles. The number of aldehydes is 2. The predicted octanol–water partition coefficient (Wildman–Crippen LogP) is 9.33. The largest absolute Gasteiger partial charge is 0.504 e. The molecular formula is C28H16F8I4O6. The van der Waals surface area contributed by atoms with Crippen molar-refractivity contribution in [2.75, 3.05) is 14.2 Å². The lowest BCUT2D eigenvalue weighted by molar-refractivity contribution is 0.111. The fraction of sp³-hybridized carbons (Fsp3) is 0.0714. The molecule has 0 saturated heterocycles. The molecule has 0 unspecified atom stereocenters. The number of methoxy groups -OCH3 is 2. The summed E-state index contributed by atoms with van der Waals surface area (Å²) in [6, 6.07) is 8.82. The lowest BCUT2D eigenvalue weighted by Gasteiger charge is -2.02. The van der Waals surface area contributed by atoms with Gasteiger partial charge in [-0.2, -0.15) is 0 Å². The van der Waals surface area contributed by atoms with Crippen LogP contribution in [0.5, 0.6) is 23.0 Å². The summed E-state index contributed by atoms with van der Waals surface area (Å²) in [6.45, 7) is 0. The number of carbonyl (C=O) groups excluding carboxylic acids is 2. The number of aromatic hydroxyl groups is 2. The Morgan fingerprint density at radius 1 is 0.500 bits per heavy atom. The van der Waals surface area contributed by atoms with Gasteiger partial charge in [0, 0.05) is 11.1 Å². The molecule has 0 spiro atoms. The van der Waals surface area contributed by atoms with E-state index in [1.165, 1.54) is 141 Å². The van der Waals surface area contributed by atoms with Crippen LogP contribution >= 0.6 is 90.4 Å². The van der Waals surface area contributed by atoms with Gasteiger partial charge in [0.15, 0.2) is 69.5 Å². The zero-order valence-electron chi connectivity index (χ0n) is 22.7. The molecule has 0 heterocycles. The number of ether oxygens (including phenoxy) is 2. The zero-order chi connectivity index (χ0) is 35.5. The number of benzene rings is 4. The van der Waals surface area contributed by atoms with Gasteiger partial charge >= 0.3 is 0 Å². The Morgan fingerprint density at radius 2 is 0.717 bits per heavy atom. The maximum absolute atomic E-state index is 12.6. The van der Waals surface area contributed by atoms with Crippen LogP contribution < -0.4 is 9.47 Å². The average molecular weight is 1110 g/mol. The van der Waals surface area contributed by atoms with Crippen molar-refractivity contribution in [3.8, 4) is 23.0 Å². The quantitative estimate of drug-likeness (QED) is 0.0697. The third-order valence-electron chi connectivity index (χ3n) is 4.99. The minimum Gasteiger partial charge on any atom is -0.504 e. The van der Waals surface area contributed by atoms with E-state index in [-0.39, 0.29) is 11.5 Å². The van der Waals surface area contributed by atoms with Gasteiger partial charge in [0.05, 0.1) is 28.5 Å². The van der Waals surface area contributed by atoms with E-state index in [4.69, 9.17) is 19.7 Å². The molecule has 248 valence electrons. The number of hydrogen-bond acceptors (Lipinski definition) is 6. The Labute approximate surface area is 310 Å². The third-order valence-corrected chi connectivity index (χ3v) is 8.78. The van der Waals surface area contributed by atoms with Gasteiger partial charge in [0.25, 0.3) is 0 Å². The summed E-state index contributed by atoms with van der Waals surface area (Å²) < 4.78 is 108. The van der Waals surface area contributed by atoms with E-state index in [9.17, 15) is 44.7 Å². The molecule has 0 aliphatic carbocycles. The second kappa shape index (κ2) is 19.6. The van der Waals surface area contributed by atoms with Crippen molar-refractivity contribution in [2.24, 2.45) is 0 Å². The van der Waals surface area contributed by atoms with Gasteiger partial charge < -0.3 is 19.7 Å². The van der Waals surface area contributed by atoms with Gasteiger partial charge in [-0.05, 0) is 127 Å². The number of halogens is 12. The molecule has 2 N–H and O–H groups in total. The second-order valence-electron chi connectivity index (χ2n) is 7.87. The van der Waals surface area contributed by atoms with Crippen LogP contribution in [0.25, 0.3) is 0 Å². The Kier molecular flexibility index (Phi) is 17.8. The van der Waals surface area contributed by atoms with Crippen molar-refractivity contribution in [1.82, 2.24) is 0 Å². The van der Waals surface area contributed by atoms with Crippen molar-refractivity contribution in [3.63, 3.8) is 0 Å². The van der Waals surface area contributed by atoms with Crippen LogP contribution in [0.1, 0.15) is 20.7 Å². The Bertz CT molecular complexity index is 1390. The summed E-state index contributed by atoms with van der Waals surface area (Å²) in [6.07, 6.45) is 1.39. The van der Waals surface area contributed by atoms with E-state index in [2.05, 4.69) is 0 Å². The number of phenolic OH excluding ortho intramolecular Hbond substituents is 2. The van der Waals surface area contributed by atoms with Gasteiger partial charge in [0.2, 0.25) is 0 Å². The predicted molar refractivity (Wildman–Crippen MR) is 184 cm³/mol. The van der Waals surface area contributed by atoms with Crippen LogP contribution in [0.15, 0.2) is 36.4 Å². The Balaban J connectivity index is 0.000000307. The molecule has 4 aromatic carbocycles. The Morgan fingerprint density at radius 3 is 0.891 bits per heavy atom. The van der Waals surface area contributed by atoms with E-state index < -0.39 is 60.8 Å². The maximum Gasteiger partial charge on any atom is 0.176 e. The molecule has 0 bridgehead atoms. The van der Waals surface area contributed by atoms with Gasteiger partial charge in [-0.25, -0.2) is 35.1 Å². The molecule has 0 amide bonds. The average Bonchev–Trinajstić information content (AvgIpc) is 3.07. The van der Waals surface area contributed by atoms with Crippen LogP contribution in [0.4, 0.5) is 35.1 Å². The topological polar surface area (TPSA) is 93.1 Å². The first-order chi connectivity index (χ1) is 21.5. The van der Waals surface area contributed by atoms with Crippen molar-refractivity contribution in [3.05, 3.63) is 108 Å². The number of rotatable bonds is 4. The molecule has 4 rings (SSSR count). The van der Waals surface area contributed by atoms with Gasteiger partial charge in [-0.15, -0.1) is 0 Å². The van der Waals surface area contributed by atoms with Crippen LogP contribution in [0.2, 0.25) is 0 Å². The van der Waals surface area contributed by atoms with Crippen LogP contribution in [0.3, 0.4) is 0 Å². The molecule has 0 fully saturated rings. The van der Waals surface area contributed by atoms with Crippen LogP contribution in [-0.2, 0) is 0 Å². The van der Waals surface area contributed by atoms with E-state index in [1.54, 1.807) is 0 Å². The monoisotopic (exact) mass is 1110 g/mol. The molecule has 4 aromatic rings. The van der Waals surface area contributed by atoms with E-state index in [1.807, 2.05) is 0 Å². The molecular weight excluding hydrogens is 1090 g/mol. The lowest BCUT2D eigenvalue weighted by Crippen LogP contribution is -2.02. The number of phenols is 2. The summed E-state index contributed by atoms with van der Waals surface area (Å²) in [5, 5.41) is 18.2. The summed E-state index contributed by atoms with van der Waals surface area (Å²) in [5.74, 6) is -10.1. The summed E-state index contributed by atoms with van der Waals surface area (Å²) in [4.78, 5) is 20.5. The minimum atomic E-state index is -1.35. The fourth-order valence-electron chi connectivity index (χ4n) is 2.69. The van der Waals surface area contributed by atoms with Crippen molar-refractivity contribution in [2.45, 2.75) is 0 Å². The highest BCUT2D eigenvalue weighted by molar-refractivity contribution is 14.1. The molecule has 6 nitrogen and oxygen atoms in total. The van der Waals surface area contributed by atoms with Gasteiger partial charge in [-0.1, -0.05) is 0 Å². The Hall–Kier alpha value is -2.22. The van der Waals surface area contributed by atoms with Gasteiger partial charge in [-0.3, -0.25) is 9.59 Å². The summed E-state index contributed by atoms with van der Waals surface area (Å²) in [7, 11) is 2.87. The first-order valence-corrected chi connectivity index (χ1v) is 15.8. The highest BCUT2D eigenvalue weighted by Crippen LogP contribution is 2.28. The highest BCUT2D eigenvalue weighted by atomic mass is 127. The molecule has 46 heavy (non-hydrogen) atoms. The van der Waals surface area contributed by atoms with Crippen molar-refractivity contribution >= 4 is 103 Å². The first kappa shape index (κ1) is 41.8. The normalized spacial score (nSPS) is 9.87. The highest BCUT2D eigenvalue weighted by Gasteiger charge is 2.23. The molecule has 0 aromatic heterocycles. The van der Waals surface area contributed by atoms with Crippen LogP contribution in [0, 0.1) is 60.8 Å². The lowest BCUT2D eigenvalue weighted by atomic mass is 10.2. The molecule has 0 radical (unpaired) electrons. The summed E-state index contributed by atoms with van der Waals surface area (Å²) >= 11 is 4.81. The SMILES string of the molecule is COc1cc(C=O)ccc1O.COc1cc(C=O)ccc1O.Fc1c(F)c(I)c(F)c(F)c1I.Fc1c(F)c(I)c(F)c(F)c1I. The number of carbonyl (C=O) groups is 2. The molecule has 0 aliphatic heterocycles. The third kappa shape index (κ3) is 10.9. The van der Waals surface area contributed by atoms with E-state index >= 15 is 0 Å². The smallest absolute Gasteiger partial charge is 0.176 e. The van der Waals surface area contributed by atoms with Gasteiger partial charge in [0.1, 0.15) is 12.6 Å². The van der Waals surface area contributed by atoms with Crippen molar-refractivity contribution in [1.29, 1.82) is 0 Å².